The molecule has 1 aliphatic heterocycles. The molecule has 1 N–H and O–H groups in total. The molecule has 1 heterocycles. The lowest BCUT2D eigenvalue weighted by atomic mass is 9.80. The first-order valence-electron chi connectivity index (χ1n) is 8.47. The highest BCUT2D eigenvalue weighted by Crippen LogP contribution is 2.34. The average molecular weight is 288 g/mol. The molecule has 2 rings (SSSR count). The number of nitrogens with zero attached hydrogens (tertiary/aromatic N) is 1. The van der Waals surface area contributed by atoms with Crippen LogP contribution in [0.4, 0.5) is 0 Å². The maximum Gasteiger partial charge on any atom is 0.0381 e. The summed E-state index contributed by atoms with van der Waals surface area (Å²) in [6.07, 6.45) is 4.10. The minimum Gasteiger partial charge on any atom is -0.313 e. The smallest absolute Gasteiger partial charge is 0.0381 e. The summed E-state index contributed by atoms with van der Waals surface area (Å²) in [6, 6.07) is 11.3. The van der Waals surface area contributed by atoms with Gasteiger partial charge in [-0.25, -0.2) is 0 Å². The number of rotatable bonds is 5. The number of nitrogens with one attached hydrogen (secondary N) is 1. The lowest BCUT2D eigenvalue weighted by Gasteiger charge is -2.39. The Morgan fingerprint density at radius 2 is 1.90 bits per heavy atom. The van der Waals surface area contributed by atoms with E-state index in [1.54, 1.807) is 0 Å². The Morgan fingerprint density at radius 1 is 1.19 bits per heavy atom. The van der Waals surface area contributed by atoms with Crippen LogP contribution < -0.4 is 5.32 Å². The van der Waals surface area contributed by atoms with Gasteiger partial charge in [-0.05, 0) is 56.3 Å². The molecule has 2 atom stereocenters. The molecule has 2 nitrogen and oxygen atoms in total. The molecule has 21 heavy (non-hydrogen) atoms. The summed E-state index contributed by atoms with van der Waals surface area (Å²) >= 11 is 0. The van der Waals surface area contributed by atoms with E-state index in [1.807, 2.05) is 0 Å². The van der Waals surface area contributed by atoms with Crippen molar-refractivity contribution in [3.63, 3.8) is 0 Å². The van der Waals surface area contributed by atoms with E-state index in [4.69, 9.17) is 0 Å². The highest BCUT2D eigenvalue weighted by molar-refractivity contribution is 5.21. The van der Waals surface area contributed by atoms with Crippen LogP contribution in [0.15, 0.2) is 30.3 Å². The van der Waals surface area contributed by atoms with Crippen LogP contribution in [0.25, 0.3) is 0 Å². The molecule has 0 aliphatic carbocycles. The van der Waals surface area contributed by atoms with E-state index in [-0.39, 0.29) is 5.41 Å². The van der Waals surface area contributed by atoms with Gasteiger partial charge in [0.15, 0.2) is 0 Å². The van der Waals surface area contributed by atoms with Crippen molar-refractivity contribution >= 4 is 0 Å². The van der Waals surface area contributed by atoms with Gasteiger partial charge in [-0.1, -0.05) is 51.1 Å². The van der Waals surface area contributed by atoms with Crippen LogP contribution >= 0.6 is 0 Å². The second-order valence-corrected chi connectivity index (χ2v) is 7.43. The second-order valence-electron chi connectivity index (χ2n) is 7.43. The summed E-state index contributed by atoms with van der Waals surface area (Å²) in [7, 11) is 2.09. The van der Waals surface area contributed by atoms with Crippen molar-refractivity contribution in [1.82, 2.24) is 10.2 Å². The van der Waals surface area contributed by atoms with Crippen molar-refractivity contribution in [1.29, 1.82) is 0 Å². The van der Waals surface area contributed by atoms with Crippen molar-refractivity contribution in [3.05, 3.63) is 35.9 Å². The average Bonchev–Trinajstić information content (AvgIpc) is 2.65. The fourth-order valence-corrected chi connectivity index (χ4v) is 3.80. The van der Waals surface area contributed by atoms with Crippen molar-refractivity contribution < 1.29 is 0 Å². The summed E-state index contributed by atoms with van der Waals surface area (Å²) < 4.78 is 0. The van der Waals surface area contributed by atoms with Crippen molar-refractivity contribution in [3.8, 4) is 0 Å². The molecule has 1 fully saturated rings. The third-order valence-corrected chi connectivity index (χ3v) is 4.94. The van der Waals surface area contributed by atoms with E-state index >= 15 is 0 Å². The molecule has 1 aliphatic rings. The Kier molecular flexibility index (Phi) is 5.83. The first-order valence-corrected chi connectivity index (χ1v) is 8.47. The third-order valence-electron chi connectivity index (χ3n) is 4.94. The number of hydrogen-bond acceptors (Lipinski definition) is 2. The standard InChI is InChI=1S/C19H32N2/c1-16-9-8-13-21(14-12-16)15-19(2,3)18(20-4)17-10-6-5-7-11-17/h5-7,10-11,16,18,20H,8-9,12-15H2,1-4H3. The Balaban J connectivity index is 2.05. The lowest BCUT2D eigenvalue weighted by molar-refractivity contribution is 0.142. The summed E-state index contributed by atoms with van der Waals surface area (Å²) in [5.41, 5.74) is 1.62. The summed E-state index contributed by atoms with van der Waals surface area (Å²) in [4.78, 5) is 2.68. The van der Waals surface area contributed by atoms with Gasteiger partial charge >= 0.3 is 0 Å². The molecule has 0 saturated carbocycles. The van der Waals surface area contributed by atoms with Crippen LogP contribution in [-0.4, -0.2) is 31.6 Å². The molecule has 2 heteroatoms. The SMILES string of the molecule is CNC(c1ccccc1)C(C)(C)CN1CCCC(C)CC1. The van der Waals surface area contributed by atoms with E-state index in [0.717, 1.165) is 5.92 Å². The van der Waals surface area contributed by atoms with Gasteiger partial charge in [-0.3, -0.25) is 0 Å². The van der Waals surface area contributed by atoms with E-state index in [9.17, 15) is 0 Å². The topological polar surface area (TPSA) is 15.3 Å². The molecular weight excluding hydrogens is 256 g/mol. The highest BCUT2D eigenvalue weighted by Gasteiger charge is 2.32. The summed E-state index contributed by atoms with van der Waals surface area (Å²) in [5, 5.41) is 3.55. The van der Waals surface area contributed by atoms with Crippen LogP contribution in [-0.2, 0) is 0 Å². The van der Waals surface area contributed by atoms with Crippen LogP contribution in [0.3, 0.4) is 0 Å². The molecule has 0 radical (unpaired) electrons. The van der Waals surface area contributed by atoms with Gasteiger partial charge in [0.05, 0.1) is 0 Å². The largest absolute Gasteiger partial charge is 0.313 e. The first-order chi connectivity index (χ1) is 10.0. The quantitative estimate of drug-likeness (QED) is 0.877. The predicted octanol–water partition coefficient (Wildman–Crippen LogP) is 4.10. The number of benzene rings is 1. The molecule has 2 unspecified atom stereocenters. The van der Waals surface area contributed by atoms with Crippen LogP contribution in [0.5, 0.6) is 0 Å². The van der Waals surface area contributed by atoms with E-state index in [0.29, 0.717) is 6.04 Å². The van der Waals surface area contributed by atoms with Crippen molar-refractivity contribution in [2.24, 2.45) is 11.3 Å². The molecule has 0 bridgehead atoms. The monoisotopic (exact) mass is 288 g/mol. The molecule has 1 aromatic rings. The maximum atomic E-state index is 3.55. The zero-order chi connectivity index (χ0) is 15.3. The zero-order valence-electron chi connectivity index (χ0n) is 14.2. The third kappa shape index (κ3) is 4.55. The summed E-state index contributed by atoms with van der Waals surface area (Å²) in [6.45, 7) is 10.9. The number of likely N-dealkylation sites (tertiary alicyclic amines) is 1. The highest BCUT2D eigenvalue weighted by atomic mass is 15.1. The Bertz CT molecular complexity index is 413. The van der Waals surface area contributed by atoms with Crippen molar-refractivity contribution in [2.45, 2.75) is 46.1 Å². The molecule has 0 spiro atoms. The van der Waals surface area contributed by atoms with Gasteiger partial charge in [0, 0.05) is 12.6 Å². The summed E-state index contributed by atoms with van der Waals surface area (Å²) in [5.74, 6) is 0.896. The fourth-order valence-electron chi connectivity index (χ4n) is 3.80. The normalized spacial score (nSPS) is 22.8. The molecule has 118 valence electrons. The van der Waals surface area contributed by atoms with E-state index < -0.39 is 0 Å². The van der Waals surface area contributed by atoms with Gasteiger partial charge in [0.1, 0.15) is 0 Å². The second kappa shape index (κ2) is 7.42. The first kappa shape index (κ1) is 16.5. The Labute approximate surface area is 130 Å². The maximum absolute atomic E-state index is 3.55. The van der Waals surface area contributed by atoms with Gasteiger partial charge < -0.3 is 10.2 Å². The molecular formula is C19H32N2. The Hall–Kier alpha value is -0.860. The van der Waals surface area contributed by atoms with Gasteiger partial charge in [0.2, 0.25) is 0 Å². The van der Waals surface area contributed by atoms with E-state index in [1.165, 1.54) is 44.5 Å². The van der Waals surface area contributed by atoms with Gasteiger partial charge in [-0.15, -0.1) is 0 Å². The molecule has 1 saturated heterocycles. The Morgan fingerprint density at radius 3 is 2.57 bits per heavy atom. The fraction of sp³-hybridized carbons (Fsp3) is 0.684. The molecule has 0 aromatic heterocycles. The van der Waals surface area contributed by atoms with Gasteiger partial charge in [0.25, 0.3) is 0 Å². The lowest BCUT2D eigenvalue weighted by Crippen LogP contribution is -2.42. The van der Waals surface area contributed by atoms with Gasteiger partial charge in [-0.2, -0.15) is 0 Å². The minimum absolute atomic E-state index is 0.226. The number of hydrogen-bond donors (Lipinski definition) is 1. The predicted molar refractivity (Wildman–Crippen MR) is 91.5 cm³/mol. The van der Waals surface area contributed by atoms with Crippen LogP contribution in [0, 0.1) is 11.3 Å². The van der Waals surface area contributed by atoms with Crippen molar-refractivity contribution in [2.75, 3.05) is 26.7 Å². The molecule has 0 amide bonds. The zero-order valence-corrected chi connectivity index (χ0v) is 14.2. The van der Waals surface area contributed by atoms with E-state index in [2.05, 4.69) is 68.4 Å². The minimum atomic E-state index is 0.226. The van der Waals surface area contributed by atoms with Crippen LogP contribution in [0.2, 0.25) is 0 Å². The van der Waals surface area contributed by atoms with Crippen LogP contribution in [0.1, 0.15) is 51.6 Å². The molecule has 1 aromatic carbocycles.